The number of hydrogen-bond donors (Lipinski definition) is 3. The summed E-state index contributed by atoms with van der Waals surface area (Å²) in [6.45, 7) is 3.55. The molecule has 0 radical (unpaired) electrons. The van der Waals surface area contributed by atoms with Crippen LogP contribution >= 0.6 is 39.7 Å². The number of benzene rings is 3. The summed E-state index contributed by atoms with van der Waals surface area (Å²) >= 11 is 15.0. The van der Waals surface area contributed by atoms with E-state index in [2.05, 4.69) is 43.2 Å². The second-order valence-corrected chi connectivity index (χ2v) is 11.0. The molecule has 3 aromatic carbocycles. The smallest absolute Gasteiger partial charge is 0.338 e. The molecule has 0 aromatic heterocycles. The second kappa shape index (κ2) is 15.3. The quantitative estimate of drug-likeness (QED) is 0.104. The lowest BCUT2D eigenvalue weighted by Crippen LogP contribution is -2.45. The maximum Gasteiger partial charge on any atom is 0.338 e. The van der Waals surface area contributed by atoms with Gasteiger partial charge >= 0.3 is 5.97 Å². The maximum absolute atomic E-state index is 12.8. The number of carbonyl (C=O) groups excluding carboxylic acids is 2. The van der Waals surface area contributed by atoms with E-state index in [1.807, 2.05) is 0 Å². The molecule has 1 amide bonds. The molecule has 0 unspecified atom stereocenters. The average molecular weight is 697 g/mol. The lowest BCUT2D eigenvalue weighted by molar-refractivity contribution is -0.139. The van der Waals surface area contributed by atoms with Crippen LogP contribution in [0.2, 0.25) is 5.02 Å². The Morgan fingerprint density at radius 2 is 1.93 bits per heavy atom. The topological polar surface area (TPSA) is 134 Å². The normalized spacial score (nSPS) is 14.3. The van der Waals surface area contributed by atoms with Crippen molar-refractivity contribution in [2.45, 2.75) is 26.5 Å². The molecule has 226 valence electrons. The summed E-state index contributed by atoms with van der Waals surface area (Å²) in [6, 6.07) is 18.8. The van der Waals surface area contributed by atoms with E-state index >= 15 is 0 Å². The minimum absolute atomic E-state index is 0.211. The monoisotopic (exact) mass is 695 g/mol. The number of esters is 1. The van der Waals surface area contributed by atoms with Crippen molar-refractivity contribution in [2.75, 3.05) is 13.2 Å². The highest BCUT2D eigenvalue weighted by Gasteiger charge is 2.32. The molecule has 0 saturated heterocycles. The number of nitrogens with zero attached hydrogens (tertiary/aromatic N) is 2. The molecule has 1 aliphatic heterocycles. The van der Waals surface area contributed by atoms with Gasteiger partial charge in [-0.1, -0.05) is 41.9 Å². The first-order chi connectivity index (χ1) is 21.2. The summed E-state index contributed by atoms with van der Waals surface area (Å²) in [5, 5.41) is 19.9. The molecule has 0 aliphatic carbocycles. The van der Waals surface area contributed by atoms with E-state index in [1.165, 1.54) is 6.21 Å². The fraction of sp³-hybridized carbons (Fsp3) is 0.194. The Morgan fingerprint density at radius 3 is 2.66 bits per heavy atom. The van der Waals surface area contributed by atoms with E-state index in [-0.39, 0.29) is 19.8 Å². The molecule has 44 heavy (non-hydrogen) atoms. The van der Waals surface area contributed by atoms with Gasteiger partial charge in [0.1, 0.15) is 18.1 Å². The number of nitriles is 1. The Balaban J connectivity index is 1.43. The van der Waals surface area contributed by atoms with Crippen LogP contribution in [-0.4, -0.2) is 36.4 Å². The number of amides is 1. The molecule has 1 aliphatic rings. The van der Waals surface area contributed by atoms with Crippen molar-refractivity contribution in [3.05, 3.63) is 104 Å². The van der Waals surface area contributed by atoms with Gasteiger partial charge in [-0.05, 0) is 77.9 Å². The van der Waals surface area contributed by atoms with Gasteiger partial charge in [-0.15, -0.1) is 0 Å². The molecule has 0 spiro atoms. The molecule has 13 heteroatoms. The summed E-state index contributed by atoms with van der Waals surface area (Å²) in [6.07, 6.45) is 1.41. The fourth-order valence-electron chi connectivity index (χ4n) is 4.27. The maximum atomic E-state index is 12.8. The number of ether oxygens (including phenoxy) is 3. The van der Waals surface area contributed by atoms with Crippen molar-refractivity contribution in [3.8, 4) is 17.6 Å². The van der Waals surface area contributed by atoms with Crippen LogP contribution < -0.4 is 25.5 Å². The molecule has 3 aromatic rings. The first kappa shape index (κ1) is 32.5. The van der Waals surface area contributed by atoms with Crippen molar-refractivity contribution in [2.24, 2.45) is 5.10 Å². The van der Waals surface area contributed by atoms with Gasteiger partial charge in [-0.2, -0.15) is 10.4 Å². The van der Waals surface area contributed by atoms with Crippen molar-refractivity contribution in [1.82, 2.24) is 16.1 Å². The number of allylic oxidation sites excluding steroid dienone is 1. The summed E-state index contributed by atoms with van der Waals surface area (Å²) in [4.78, 5) is 25.4. The van der Waals surface area contributed by atoms with E-state index < -0.39 is 17.9 Å². The lowest BCUT2D eigenvalue weighted by atomic mass is 9.95. The van der Waals surface area contributed by atoms with Gasteiger partial charge in [-0.25, -0.2) is 10.2 Å². The molecule has 3 N–H and O–H groups in total. The molecule has 0 fully saturated rings. The van der Waals surface area contributed by atoms with E-state index in [9.17, 15) is 9.59 Å². The molecule has 1 atom stereocenters. The van der Waals surface area contributed by atoms with Crippen molar-refractivity contribution < 1.29 is 23.8 Å². The van der Waals surface area contributed by atoms with Gasteiger partial charge in [0, 0.05) is 21.8 Å². The highest BCUT2D eigenvalue weighted by molar-refractivity contribution is 9.10. The van der Waals surface area contributed by atoms with E-state index in [0.717, 1.165) is 5.56 Å². The Labute approximate surface area is 273 Å². The Bertz CT molecular complexity index is 1670. The number of hydrazone groups is 1. The van der Waals surface area contributed by atoms with Crippen molar-refractivity contribution in [1.29, 1.82) is 5.26 Å². The predicted octanol–water partition coefficient (Wildman–Crippen LogP) is 5.44. The number of rotatable bonds is 11. The van der Waals surface area contributed by atoms with Gasteiger partial charge < -0.3 is 24.8 Å². The van der Waals surface area contributed by atoms with Gasteiger partial charge in [0.25, 0.3) is 5.91 Å². The van der Waals surface area contributed by atoms with Gasteiger partial charge in [-0.3, -0.25) is 4.79 Å². The number of carbonyl (C=O) groups is 2. The highest BCUT2D eigenvalue weighted by atomic mass is 79.9. The summed E-state index contributed by atoms with van der Waals surface area (Å²) in [7, 11) is 0. The Hall–Kier alpha value is -4.44. The van der Waals surface area contributed by atoms with Crippen LogP contribution in [0.15, 0.2) is 81.5 Å². The van der Waals surface area contributed by atoms with Gasteiger partial charge in [0.2, 0.25) is 0 Å². The zero-order valence-electron chi connectivity index (χ0n) is 23.6. The standard InChI is InChI=1S/C31H27BrClN5O5S/c1-3-41-30(40)27-18(2)36-31(44)37-28(27)23-6-4-5-7-25(23)42-17-26(39)38-35-15-21-12-22(33)13-24(32)29(21)43-16-20-10-8-19(14-34)9-11-20/h4-13,15,28H,3,16-17H2,1-2H3,(H,38,39)(H2,36,37,44)/t28-/m0/s1. The first-order valence-corrected chi connectivity index (χ1v) is 14.9. The van der Waals surface area contributed by atoms with Crippen LogP contribution in [-0.2, 0) is 20.9 Å². The number of nitrogens with one attached hydrogen (secondary N) is 3. The van der Waals surface area contributed by atoms with E-state index in [4.69, 9.17) is 43.3 Å². The number of halogens is 2. The second-order valence-electron chi connectivity index (χ2n) is 9.31. The van der Waals surface area contributed by atoms with Crippen LogP contribution in [0.3, 0.4) is 0 Å². The SMILES string of the molecule is CCOC(=O)C1=C(C)NC(=S)N[C@H]1c1ccccc1OCC(=O)NN=Cc1cc(Cl)cc(Br)c1OCc1ccc(C#N)cc1. The number of hydrogen-bond acceptors (Lipinski definition) is 8. The first-order valence-electron chi connectivity index (χ1n) is 13.3. The number of thiocarbonyl (C=S) groups is 1. The predicted molar refractivity (Wildman–Crippen MR) is 173 cm³/mol. The molecule has 4 rings (SSSR count). The molecular formula is C31H27BrClN5O5S. The summed E-state index contributed by atoms with van der Waals surface area (Å²) in [5.41, 5.74) is 5.90. The molecule has 0 saturated carbocycles. The minimum atomic E-state index is -0.649. The lowest BCUT2D eigenvalue weighted by Gasteiger charge is -2.30. The molecule has 1 heterocycles. The van der Waals surface area contributed by atoms with E-state index in [1.54, 1.807) is 74.5 Å². The van der Waals surface area contributed by atoms with Crippen LogP contribution in [0.5, 0.6) is 11.5 Å². The average Bonchev–Trinajstić information content (AvgIpc) is 2.99. The largest absolute Gasteiger partial charge is 0.487 e. The van der Waals surface area contributed by atoms with Gasteiger partial charge in [0.05, 0.1) is 40.5 Å². The van der Waals surface area contributed by atoms with Crippen molar-refractivity contribution in [3.63, 3.8) is 0 Å². The van der Waals surface area contributed by atoms with Crippen molar-refractivity contribution >= 4 is 63.0 Å². The molecular weight excluding hydrogens is 670 g/mol. The Morgan fingerprint density at radius 1 is 1.18 bits per heavy atom. The van der Waals surface area contributed by atoms with Gasteiger partial charge in [0.15, 0.2) is 11.7 Å². The van der Waals surface area contributed by atoms with E-state index in [0.29, 0.717) is 54.1 Å². The zero-order valence-corrected chi connectivity index (χ0v) is 26.8. The Kier molecular flexibility index (Phi) is 11.3. The van der Waals surface area contributed by atoms with Crippen LogP contribution in [0, 0.1) is 11.3 Å². The highest BCUT2D eigenvalue weighted by Crippen LogP contribution is 2.34. The third kappa shape index (κ3) is 8.35. The minimum Gasteiger partial charge on any atom is -0.487 e. The molecule has 0 bridgehead atoms. The zero-order chi connectivity index (χ0) is 31.6. The summed E-state index contributed by atoms with van der Waals surface area (Å²) < 4.78 is 17.7. The van der Waals surface area contributed by atoms with Crippen LogP contribution in [0.25, 0.3) is 0 Å². The number of para-hydroxylation sites is 1. The van der Waals surface area contributed by atoms with Crippen LogP contribution in [0.4, 0.5) is 0 Å². The van der Waals surface area contributed by atoms with Crippen LogP contribution in [0.1, 0.15) is 42.1 Å². The fourth-order valence-corrected chi connectivity index (χ4v) is 5.49. The third-order valence-electron chi connectivity index (χ3n) is 6.25. The summed E-state index contributed by atoms with van der Waals surface area (Å²) in [5.74, 6) is -0.175. The molecule has 10 nitrogen and oxygen atoms in total. The third-order valence-corrected chi connectivity index (χ3v) is 7.28.